The van der Waals surface area contributed by atoms with E-state index in [-0.39, 0.29) is 12.1 Å². The third-order valence-corrected chi connectivity index (χ3v) is 4.48. The summed E-state index contributed by atoms with van der Waals surface area (Å²) in [5.41, 5.74) is 7.12. The molecule has 2 aromatic carbocycles. The number of nitrogens with one attached hydrogen (secondary N) is 1. The summed E-state index contributed by atoms with van der Waals surface area (Å²) in [5.74, 6) is -1.92. The van der Waals surface area contributed by atoms with Gasteiger partial charge in [0, 0.05) is 18.2 Å². The van der Waals surface area contributed by atoms with Crippen molar-refractivity contribution in [1.82, 2.24) is 0 Å². The van der Waals surface area contributed by atoms with Crippen molar-refractivity contribution in [3.8, 4) is 17.2 Å². The Hall–Kier alpha value is -2.87. The predicted molar refractivity (Wildman–Crippen MR) is 107 cm³/mol. The Morgan fingerprint density at radius 2 is 1.66 bits per heavy atom. The Balaban J connectivity index is 2.33. The minimum absolute atomic E-state index is 0.179. The third kappa shape index (κ3) is 5.57. The highest BCUT2D eigenvalue weighted by Crippen LogP contribution is 2.38. The molecular formula is C21H26F2N2O4. The Labute approximate surface area is 168 Å². The van der Waals surface area contributed by atoms with Crippen molar-refractivity contribution < 1.29 is 27.8 Å². The van der Waals surface area contributed by atoms with Gasteiger partial charge in [-0.2, -0.15) is 0 Å². The molecule has 0 aromatic heterocycles. The molecule has 0 fully saturated rings. The van der Waals surface area contributed by atoms with Gasteiger partial charge in [-0.3, -0.25) is 4.79 Å². The van der Waals surface area contributed by atoms with Crippen LogP contribution in [-0.2, 0) is 23.6 Å². The van der Waals surface area contributed by atoms with Crippen LogP contribution in [0.15, 0.2) is 30.3 Å². The van der Waals surface area contributed by atoms with Crippen LogP contribution in [-0.4, -0.2) is 33.8 Å². The summed E-state index contributed by atoms with van der Waals surface area (Å²) in [6.45, 7) is 0.575. The largest absolute Gasteiger partial charge is 0.493 e. The summed E-state index contributed by atoms with van der Waals surface area (Å²) in [4.78, 5) is 11.7. The first kappa shape index (κ1) is 22.4. The molecule has 0 bridgehead atoms. The fourth-order valence-electron chi connectivity index (χ4n) is 2.94. The van der Waals surface area contributed by atoms with E-state index in [0.717, 1.165) is 12.5 Å². The number of carbonyl (C=O) groups excluding carboxylic acids is 1. The van der Waals surface area contributed by atoms with Gasteiger partial charge in [0.25, 0.3) is 5.92 Å². The van der Waals surface area contributed by atoms with Gasteiger partial charge in [0.2, 0.25) is 11.7 Å². The number of amides is 1. The van der Waals surface area contributed by atoms with Gasteiger partial charge >= 0.3 is 0 Å². The number of alkyl halides is 2. The van der Waals surface area contributed by atoms with E-state index in [1.165, 1.54) is 33.5 Å². The van der Waals surface area contributed by atoms with Crippen molar-refractivity contribution in [1.29, 1.82) is 0 Å². The van der Waals surface area contributed by atoms with E-state index in [1.54, 1.807) is 6.07 Å². The minimum atomic E-state index is -3.02. The van der Waals surface area contributed by atoms with Gasteiger partial charge < -0.3 is 25.3 Å². The number of carbonyl (C=O) groups is 1. The molecule has 2 aromatic rings. The lowest BCUT2D eigenvalue weighted by Gasteiger charge is -2.17. The Morgan fingerprint density at radius 3 is 2.14 bits per heavy atom. The molecule has 2 rings (SSSR count). The lowest BCUT2D eigenvalue weighted by Crippen LogP contribution is -2.23. The number of aryl methyl sites for hydroxylation is 2. The number of anilines is 1. The normalized spacial score (nSPS) is 11.1. The SMILES string of the molecule is COc1cc(CCc2ccc(C(C)(F)F)cc2NC(=O)CN)cc(OC)c1OC. The molecule has 158 valence electrons. The van der Waals surface area contributed by atoms with E-state index in [9.17, 15) is 13.6 Å². The summed E-state index contributed by atoms with van der Waals surface area (Å²) in [6.07, 6.45) is 1.05. The monoisotopic (exact) mass is 408 g/mol. The zero-order chi connectivity index (χ0) is 21.6. The highest BCUT2D eigenvalue weighted by atomic mass is 19.3. The van der Waals surface area contributed by atoms with Gasteiger partial charge in [-0.05, 0) is 42.2 Å². The number of hydrogen-bond donors (Lipinski definition) is 2. The number of hydrogen-bond acceptors (Lipinski definition) is 5. The molecule has 0 atom stereocenters. The van der Waals surface area contributed by atoms with Crippen LogP contribution in [0.1, 0.15) is 23.6 Å². The molecule has 0 heterocycles. The van der Waals surface area contributed by atoms with E-state index >= 15 is 0 Å². The molecular weight excluding hydrogens is 382 g/mol. The Bertz CT molecular complexity index is 841. The number of ether oxygens (including phenoxy) is 3. The van der Waals surface area contributed by atoms with Crippen molar-refractivity contribution >= 4 is 11.6 Å². The summed E-state index contributed by atoms with van der Waals surface area (Å²) in [6, 6.07) is 7.90. The summed E-state index contributed by atoms with van der Waals surface area (Å²) in [5, 5.41) is 2.61. The van der Waals surface area contributed by atoms with E-state index < -0.39 is 11.8 Å². The zero-order valence-corrected chi connectivity index (χ0v) is 17.0. The topological polar surface area (TPSA) is 82.8 Å². The molecule has 0 aliphatic heterocycles. The highest BCUT2D eigenvalue weighted by molar-refractivity contribution is 5.93. The fraction of sp³-hybridized carbons (Fsp3) is 0.381. The van der Waals surface area contributed by atoms with Crippen LogP contribution in [0.2, 0.25) is 0 Å². The molecule has 3 N–H and O–H groups in total. The molecule has 0 aliphatic rings. The highest BCUT2D eigenvalue weighted by Gasteiger charge is 2.25. The average molecular weight is 408 g/mol. The number of rotatable bonds is 9. The van der Waals surface area contributed by atoms with Crippen LogP contribution >= 0.6 is 0 Å². The second-order valence-electron chi connectivity index (χ2n) is 6.55. The molecule has 0 unspecified atom stereocenters. The number of benzene rings is 2. The molecule has 8 heteroatoms. The first-order chi connectivity index (χ1) is 13.7. The Morgan fingerprint density at radius 1 is 1.03 bits per heavy atom. The molecule has 0 spiro atoms. The van der Waals surface area contributed by atoms with Crippen molar-refractivity contribution in [2.45, 2.75) is 25.7 Å². The minimum Gasteiger partial charge on any atom is -0.493 e. The van der Waals surface area contributed by atoms with Crippen molar-refractivity contribution in [3.05, 3.63) is 47.0 Å². The molecule has 0 radical (unpaired) electrons. The summed E-state index contributed by atoms with van der Waals surface area (Å²) in [7, 11) is 4.59. The number of nitrogens with two attached hydrogens (primary N) is 1. The van der Waals surface area contributed by atoms with Crippen molar-refractivity contribution in [2.24, 2.45) is 5.73 Å². The molecule has 6 nitrogen and oxygen atoms in total. The van der Waals surface area contributed by atoms with Gasteiger partial charge in [0.1, 0.15) is 0 Å². The van der Waals surface area contributed by atoms with Crippen molar-refractivity contribution in [2.75, 3.05) is 33.2 Å². The average Bonchev–Trinajstić information content (AvgIpc) is 2.70. The van der Waals surface area contributed by atoms with E-state index in [2.05, 4.69) is 5.32 Å². The number of methoxy groups -OCH3 is 3. The maximum atomic E-state index is 13.7. The van der Waals surface area contributed by atoms with E-state index in [1.807, 2.05) is 12.1 Å². The van der Waals surface area contributed by atoms with Gasteiger partial charge in [-0.25, -0.2) is 8.78 Å². The lowest BCUT2D eigenvalue weighted by atomic mass is 9.99. The third-order valence-electron chi connectivity index (χ3n) is 4.48. The van der Waals surface area contributed by atoms with Crippen LogP contribution in [0.4, 0.5) is 14.5 Å². The molecule has 0 saturated heterocycles. The first-order valence-corrected chi connectivity index (χ1v) is 9.03. The van der Waals surface area contributed by atoms with Crippen LogP contribution in [0.5, 0.6) is 17.2 Å². The van der Waals surface area contributed by atoms with Gasteiger partial charge in [-0.1, -0.05) is 12.1 Å². The zero-order valence-electron chi connectivity index (χ0n) is 17.0. The quantitative estimate of drug-likeness (QED) is 0.664. The second-order valence-corrected chi connectivity index (χ2v) is 6.55. The summed E-state index contributed by atoms with van der Waals surface area (Å²) < 4.78 is 43.4. The number of halogens is 2. The van der Waals surface area contributed by atoms with Crippen LogP contribution in [0.3, 0.4) is 0 Å². The smallest absolute Gasteiger partial charge is 0.270 e. The predicted octanol–water partition coefficient (Wildman–Crippen LogP) is 3.51. The van der Waals surface area contributed by atoms with Crippen LogP contribution < -0.4 is 25.3 Å². The second kappa shape index (κ2) is 9.56. The van der Waals surface area contributed by atoms with E-state index in [4.69, 9.17) is 19.9 Å². The van der Waals surface area contributed by atoms with Gasteiger partial charge in [0.15, 0.2) is 11.5 Å². The lowest BCUT2D eigenvalue weighted by molar-refractivity contribution is -0.114. The van der Waals surface area contributed by atoms with Gasteiger partial charge in [0.05, 0.1) is 27.9 Å². The Kier molecular flexibility index (Phi) is 7.39. The fourth-order valence-corrected chi connectivity index (χ4v) is 2.94. The molecule has 1 amide bonds. The first-order valence-electron chi connectivity index (χ1n) is 9.03. The summed E-state index contributed by atoms with van der Waals surface area (Å²) >= 11 is 0. The molecule has 29 heavy (non-hydrogen) atoms. The van der Waals surface area contributed by atoms with Crippen molar-refractivity contribution in [3.63, 3.8) is 0 Å². The van der Waals surface area contributed by atoms with Gasteiger partial charge in [-0.15, -0.1) is 0 Å². The molecule has 0 aliphatic carbocycles. The standard InChI is InChI=1S/C21H26F2N2O4/c1-21(22,23)15-8-7-14(16(11-15)25-19(26)12-24)6-5-13-9-17(27-2)20(29-4)18(10-13)28-3/h7-11H,5-6,12,24H2,1-4H3,(H,25,26). The van der Waals surface area contributed by atoms with E-state index in [0.29, 0.717) is 41.3 Å². The maximum Gasteiger partial charge on any atom is 0.270 e. The van der Waals surface area contributed by atoms with Crippen LogP contribution in [0, 0.1) is 0 Å². The molecule has 0 saturated carbocycles. The van der Waals surface area contributed by atoms with Crippen LogP contribution in [0.25, 0.3) is 0 Å². The maximum absolute atomic E-state index is 13.7.